The van der Waals surface area contributed by atoms with Crippen LogP contribution in [-0.2, 0) is 10.6 Å². The van der Waals surface area contributed by atoms with Crippen molar-refractivity contribution in [2.75, 3.05) is 24.7 Å². The molecule has 1 fully saturated rings. The van der Waals surface area contributed by atoms with Gasteiger partial charge in [-0.1, -0.05) is 0 Å². The van der Waals surface area contributed by atoms with Gasteiger partial charge < -0.3 is 9.64 Å². The minimum atomic E-state index is 0.356. The van der Waals surface area contributed by atoms with E-state index >= 15 is 0 Å². The molecule has 1 unspecified atom stereocenters. The molecule has 4 nitrogen and oxygen atoms in total. The van der Waals surface area contributed by atoms with E-state index in [-0.39, 0.29) is 0 Å². The number of hydrogen-bond donors (Lipinski definition) is 0. The molecule has 0 bridgehead atoms. The summed E-state index contributed by atoms with van der Waals surface area (Å²) in [5.74, 6) is 1.31. The second-order valence-corrected chi connectivity index (χ2v) is 3.88. The summed E-state index contributed by atoms with van der Waals surface area (Å²) in [6, 6.07) is 0.356. The van der Waals surface area contributed by atoms with Crippen molar-refractivity contribution in [1.82, 2.24) is 9.97 Å². The minimum absolute atomic E-state index is 0.356. The van der Waals surface area contributed by atoms with E-state index in [1.165, 1.54) is 0 Å². The van der Waals surface area contributed by atoms with Gasteiger partial charge in [0.25, 0.3) is 0 Å². The highest BCUT2D eigenvalue weighted by Crippen LogP contribution is 2.16. The lowest BCUT2D eigenvalue weighted by Crippen LogP contribution is -2.44. The summed E-state index contributed by atoms with van der Waals surface area (Å²) >= 11 is 5.66. The van der Waals surface area contributed by atoms with Gasteiger partial charge in [-0.2, -0.15) is 0 Å². The van der Waals surface area contributed by atoms with Gasteiger partial charge in [-0.3, -0.25) is 4.98 Å². The predicted molar refractivity (Wildman–Crippen MR) is 59.2 cm³/mol. The SMILES string of the molecule is CC1COCCN1c1cnc(CCl)cn1. The third-order valence-corrected chi connectivity index (χ3v) is 2.76. The fourth-order valence-corrected chi connectivity index (χ4v) is 1.77. The highest BCUT2D eigenvalue weighted by atomic mass is 35.5. The number of alkyl halides is 1. The van der Waals surface area contributed by atoms with E-state index in [4.69, 9.17) is 16.3 Å². The van der Waals surface area contributed by atoms with E-state index < -0.39 is 0 Å². The van der Waals surface area contributed by atoms with E-state index in [0.29, 0.717) is 11.9 Å². The van der Waals surface area contributed by atoms with Gasteiger partial charge in [0.05, 0.1) is 43.2 Å². The molecule has 0 saturated carbocycles. The van der Waals surface area contributed by atoms with Crippen molar-refractivity contribution in [3.8, 4) is 0 Å². The van der Waals surface area contributed by atoms with Crippen LogP contribution in [0.25, 0.3) is 0 Å². The summed E-state index contributed by atoms with van der Waals surface area (Å²) < 4.78 is 5.37. The molecule has 0 amide bonds. The van der Waals surface area contributed by atoms with Crippen LogP contribution in [0.5, 0.6) is 0 Å². The molecule has 5 heteroatoms. The van der Waals surface area contributed by atoms with Crippen molar-refractivity contribution in [2.24, 2.45) is 0 Å². The largest absolute Gasteiger partial charge is 0.377 e. The van der Waals surface area contributed by atoms with E-state index in [0.717, 1.165) is 31.3 Å². The van der Waals surface area contributed by atoms with Crippen molar-refractivity contribution < 1.29 is 4.74 Å². The molecule has 15 heavy (non-hydrogen) atoms. The Balaban J connectivity index is 2.13. The number of morpholine rings is 1. The molecular weight excluding hydrogens is 214 g/mol. The molecule has 1 aromatic heterocycles. The van der Waals surface area contributed by atoms with Crippen LogP contribution < -0.4 is 4.90 Å². The van der Waals surface area contributed by atoms with Gasteiger partial charge in [-0.25, -0.2) is 4.98 Å². The molecule has 0 N–H and O–H groups in total. The Bertz CT molecular complexity index is 317. The van der Waals surface area contributed by atoms with Crippen LogP contribution in [0.3, 0.4) is 0 Å². The zero-order valence-corrected chi connectivity index (χ0v) is 9.44. The Hall–Kier alpha value is -0.870. The first-order valence-corrected chi connectivity index (χ1v) is 5.56. The van der Waals surface area contributed by atoms with Crippen LogP contribution in [0.2, 0.25) is 0 Å². The Morgan fingerprint density at radius 3 is 3.00 bits per heavy atom. The summed E-state index contributed by atoms with van der Waals surface area (Å²) in [5, 5.41) is 0. The highest BCUT2D eigenvalue weighted by Gasteiger charge is 2.20. The number of ether oxygens (including phenoxy) is 1. The maximum Gasteiger partial charge on any atom is 0.147 e. The van der Waals surface area contributed by atoms with Crippen molar-refractivity contribution in [3.05, 3.63) is 18.1 Å². The van der Waals surface area contributed by atoms with Gasteiger partial charge in [0.2, 0.25) is 0 Å². The van der Waals surface area contributed by atoms with E-state index in [9.17, 15) is 0 Å². The smallest absolute Gasteiger partial charge is 0.147 e. The van der Waals surface area contributed by atoms with Gasteiger partial charge in [0.1, 0.15) is 5.82 Å². The first-order chi connectivity index (χ1) is 7.31. The lowest BCUT2D eigenvalue weighted by Gasteiger charge is -2.33. The number of rotatable bonds is 2. The van der Waals surface area contributed by atoms with Crippen molar-refractivity contribution in [2.45, 2.75) is 18.8 Å². The van der Waals surface area contributed by atoms with Gasteiger partial charge in [0, 0.05) is 6.54 Å². The average Bonchev–Trinajstić information content (AvgIpc) is 2.30. The van der Waals surface area contributed by atoms with Crippen molar-refractivity contribution >= 4 is 17.4 Å². The summed E-state index contributed by atoms with van der Waals surface area (Å²) in [5.41, 5.74) is 0.807. The number of anilines is 1. The van der Waals surface area contributed by atoms with Gasteiger partial charge >= 0.3 is 0 Å². The molecular formula is C10H14ClN3O. The summed E-state index contributed by atoms with van der Waals surface area (Å²) in [7, 11) is 0. The maximum absolute atomic E-state index is 5.66. The fraction of sp³-hybridized carbons (Fsp3) is 0.600. The first kappa shape index (κ1) is 10.6. The van der Waals surface area contributed by atoms with Crippen LogP contribution >= 0.6 is 11.6 Å². The third-order valence-electron chi connectivity index (χ3n) is 2.49. The zero-order chi connectivity index (χ0) is 10.7. The molecule has 0 aromatic carbocycles. The predicted octanol–water partition coefficient (Wildman–Crippen LogP) is 1.44. The molecule has 1 aliphatic heterocycles. The molecule has 1 aliphatic rings. The van der Waals surface area contributed by atoms with E-state index in [2.05, 4.69) is 21.8 Å². The fourth-order valence-electron chi connectivity index (χ4n) is 1.63. The summed E-state index contributed by atoms with van der Waals surface area (Å²) in [6.45, 7) is 4.49. The quantitative estimate of drug-likeness (QED) is 0.717. The monoisotopic (exact) mass is 227 g/mol. The molecule has 2 heterocycles. The Morgan fingerprint density at radius 2 is 2.40 bits per heavy atom. The van der Waals surface area contributed by atoms with Crippen LogP contribution in [0.15, 0.2) is 12.4 Å². The number of halogens is 1. The second kappa shape index (κ2) is 4.77. The Morgan fingerprint density at radius 1 is 1.53 bits per heavy atom. The standard InChI is InChI=1S/C10H14ClN3O/c1-8-7-15-3-2-14(8)10-6-12-9(4-11)5-13-10/h5-6,8H,2-4,7H2,1H3. The van der Waals surface area contributed by atoms with Crippen molar-refractivity contribution in [1.29, 1.82) is 0 Å². The molecule has 0 spiro atoms. The number of hydrogen-bond acceptors (Lipinski definition) is 4. The van der Waals surface area contributed by atoms with E-state index in [1.807, 2.05) is 0 Å². The van der Waals surface area contributed by atoms with Crippen LogP contribution in [0, 0.1) is 0 Å². The molecule has 0 aliphatic carbocycles. The lowest BCUT2D eigenvalue weighted by atomic mass is 10.2. The van der Waals surface area contributed by atoms with E-state index in [1.54, 1.807) is 12.4 Å². The lowest BCUT2D eigenvalue weighted by molar-refractivity contribution is 0.0985. The van der Waals surface area contributed by atoms with Crippen molar-refractivity contribution in [3.63, 3.8) is 0 Å². The summed E-state index contributed by atoms with van der Waals surface area (Å²) in [4.78, 5) is 10.8. The molecule has 1 aromatic rings. The van der Waals surface area contributed by atoms with Gasteiger partial charge in [-0.15, -0.1) is 11.6 Å². The number of nitrogens with zero attached hydrogens (tertiary/aromatic N) is 3. The molecule has 1 saturated heterocycles. The summed E-state index contributed by atoms with van der Waals surface area (Å²) in [6.07, 6.45) is 3.50. The molecule has 82 valence electrons. The van der Waals surface area contributed by atoms with Crippen LogP contribution in [-0.4, -0.2) is 35.8 Å². The molecule has 2 rings (SSSR count). The first-order valence-electron chi connectivity index (χ1n) is 5.02. The second-order valence-electron chi connectivity index (χ2n) is 3.62. The molecule has 0 radical (unpaired) electrons. The van der Waals surface area contributed by atoms with Crippen LogP contribution in [0.4, 0.5) is 5.82 Å². The minimum Gasteiger partial charge on any atom is -0.377 e. The van der Waals surface area contributed by atoms with Crippen LogP contribution in [0.1, 0.15) is 12.6 Å². The third kappa shape index (κ3) is 2.38. The normalized spacial score (nSPS) is 21.7. The Kier molecular flexibility index (Phi) is 3.38. The topological polar surface area (TPSA) is 38.2 Å². The maximum atomic E-state index is 5.66. The van der Waals surface area contributed by atoms with Gasteiger partial charge in [0.15, 0.2) is 0 Å². The number of aromatic nitrogens is 2. The highest BCUT2D eigenvalue weighted by molar-refractivity contribution is 6.16. The average molecular weight is 228 g/mol. The van der Waals surface area contributed by atoms with Gasteiger partial charge in [-0.05, 0) is 6.92 Å². The molecule has 1 atom stereocenters. The zero-order valence-electron chi connectivity index (χ0n) is 8.69. The Labute approximate surface area is 94.2 Å².